The van der Waals surface area contributed by atoms with E-state index in [-0.39, 0.29) is 17.2 Å². The van der Waals surface area contributed by atoms with Crippen LogP contribution in [0.4, 0.5) is 5.69 Å². The van der Waals surface area contributed by atoms with Crippen molar-refractivity contribution in [1.82, 2.24) is 0 Å². The number of fused-ring (bicyclic) bond motifs is 1. The number of hydrogen-bond acceptors (Lipinski definition) is 1. The maximum Gasteiger partial charge on any atom is 0.228 e. The largest absolute Gasteiger partial charge is 0.326 e. The maximum atomic E-state index is 12.4. The van der Waals surface area contributed by atoms with Gasteiger partial charge in [0.25, 0.3) is 0 Å². The standard InChI is InChI=1S/C16H23NO/c1-16(2,3)13-10-6-4-8-12-9-5-7-11-14(12)17-15(13)18/h5,7,9,11,13H,4,6,8,10H2,1-3H3,(H,17,18). The van der Waals surface area contributed by atoms with Crippen LogP contribution in [0, 0.1) is 11.3 Å². The molecule has 0 fully saturated rings. The van der Waals surface area contributed by atoms with Gasteiger partial charge in [-0.25, -0.2) is 0 Å². The molecule has 1 aliphatic heterocycles. The zero-order valence-corrected chi connectivity index (χ0v) is 11.6. The molecule has 1 N–H and O–H groups in total. The van der Waals surface area contributed by atoms with Gasteiger partial charge in [0.2, 0.25) is 5.91 Å². The molecule has 2 rings (SSSR count). The molecule has 1 heterocycles. The number of hydrogen-bond donors (Lipinski definition) is 1. The molecule has 0 saturated heterocycles. The van der Waals surface area contributed by atoms with Gasteiger partial charge in [0.15, 0.2) is 0 Å². The van der Waals surface area contributed by atoms with Crippen molar-refractivity contribution in [3.8, 4) is 0 Å². The normalized spacial score (nSPS) is 21.3. The van der Waals surface area contributed by atoms with Gasteiger partial charge in [-0.15, -0.1) is 0 Å². The second kappa shape index (κ2) is 5.13. The lowest BCUT2D eigenvalue weighted by Crippen LogP contribution is -2.33. The van der Waals surface area contributed by atoms with Crippen LogP contribution in [0.5, 0.6) is 0 Å². The van der Waals surface area contributed by atoms with Crippen molar-refractivity contribution in [1.29, 1.82) is 0 Å². The third-order valence-corrected chi connectivity index (χ3v) is 3.83. The predicted molar refractivity (Wildman–Crippen MR) is 75.6 cm³/mol. The van der Waals surface area contributed by atoms with Gasteiger partial charge in [-0.3, -0.25) is 4.79 Å². The number of carbonyl (C=O) groups excluding carboxylic acids is 1. The van der Waals surface area contributed by atoms with Gasteiger partial charge in [-0.1, -0.05) is 45.4 Å². The van der Waals surface area contributed by atoms with Crippen LogP contribution in [0.2, 0.25) is 0 Å². The van der Waals surface area contributed by atoms with E-state index in [4.69, 9.17) is 0 Å². The summed E-state index contributed by atoms with van der Waals surface area (Å²) in [5, 5.41) is 3.12. The highest BCUT2D eigenvalue weighted by atomic mass is 16.1. The summed E-state index contributed by atoms with van der Waals surface area (Å²) in [5.41, 5.74) is 2.29. The van der Waals surface area contributed by atoms with E-state index < -0.39 is 0 Å². The summed E-state index contributed by atoms with van der Waals surface area (Å²) < 4.78 is 0. The smallest absolute Gasteiger partial charge is 0.228 e. The van der Waals surface area contributed by atoms with Crippen LogP contribution in [-0.2, 0) is 11.2 Å². The zero-order chi connectivity index (χ0) is 13.2. The number of aryl methyl sites for hydroxylation is 1. The average Bonchev–Trinajstić information content (AvgIpc) is 2.36. The molecule has 1 unspecified atom stereocenters. The summed E-state index contributed by atoms with van der Waals surface area (Å²) in [6.45, 7) is 6.46. The van der Waals surface area contributed by atoms with Gasteiger partial charge < -0.3 is 5.32 Å². The first-order valence-corrected chi connectivity index (χ1v) is 6.87. The molecule has 1 aromatic carbocycles. The molecule has 0 radical (unpaired) electrons. The fraction of sp³-hybridized carbons (Fsp3) is 0.562. The monoisotopic (exact) mass is 245 g/mol. The predicted octanol–water partition coefficient (Wildman–Crippen LogP) is 4.01. The lowest BCUT2D eigenvalue weighted by molar-refractivity contribution is -0.123. The molecule has 0 bridgehead atoms. The Labute approximate surface area is 110 Å². The Balaban J connectivity index is 2.27. The molecular weight excluding hydrogens is 222 g/mol. The van der Waals surface area contributed by atoms with Crippen LogP contribution < -0.4 is 5.32 Å². The van der Waals surface area contributed by atoms with Crippen molar-refractivity contribution in [2.75, 3.05) is 5.32 Å². The van der Waals surface area contributed by atoms with E-state index in [0.717, 1.165) is 24.9 Å². The third kappa shape index (κ3) is 2.92. The molecule has 1 amide bonds. The number of nitrogens with one attached hydrogen (secondary N) is 1. The second-order valence-electron chi connectivity index (χ2n) is 6.31. The minimum Gasteiger partial charge on any atom is -0.326 e. The van der Waals surface area contributed by atoms with Crippen molar-refractivity contribution in [2.24, 2.45) is 11.3 Å². The van der Waals surface area contributed by atoms with Crippen LogP contribution >= 0.6 is 0 Å². The molecule has 0 saturated carbocycles. The summed E-state index contributed by atoms with van der Waals surface area (Å²) in [6.07, 6.45) is 4.35. The highest BCUT2D eigenvalue weighted by Gasteiger charge is 2.31. The van der Waals surface area contributed by atoms with Gasteiger partial charge in [0, 0.05) is 11.6 Å². The summed E-state index contributed by atoms with van der Waals surface area (Å²) in [7, 11) is 0. The van der Waals surface area contributed by atoms with Gasteiger partial charge in [0.05, 0.1) is 0 Å². The zero-order valence-electron chi connectivity index (χ0n) is 11.6. The summed E-state index contributed by atoms with van der Waals surface area (Å²) in [6, 6.07) is 8.17. The van der Waals surface area contributed by atoms with Crippen molar-refractivity contribution < 1.29 is 4.79 Å². The number of para-hydroxylation sites is 1. The first-order chi connectivity index (χ1) is 8.48. The van der Waals surface area contributed by atoms with Crippen molar-refractivity contribution in [2.45, 2.75) is 46.5 Å². The van der Waals surface area contributed by atoms with Gasteiger partial charge in [-0.2, -0.15) is 0 Å². The SMILES string of the molecule is CC(C)(C)C1CCCCc2ccccc2NC1=O. The molecule has 1 aliphatic rings. The fourth-order valence-corrected chi connectivity index (χ4v) is 2.70. The van der Waals surface area contributed by atoms with Crippen molar-refractivity contribution in [3.05, 3.63) is 29.8 Å². The molecule has 0 aliphatic carbocycles. The quantitative estimate of drug-likeness (QED) is 0.735. The number of rotatable bonds is 0. The molecule has 1 aromatic rings. The highest BCUT2D eigenvalue weighted by Crippen LogP contribution is 2.33. The molecule has 2 heteroatoms. The second-order valence-corrected chi connectivity index (χ2v) is 6.31. The van der Waals surface area contributed by atoms with Crippen molar-refractivity contribution >= 4 is 11.6 Å². The van der Waals surface area contributed by atoms with Gasteiger partial charge in [-0.05, 0) is 36.3 Å². The van der Waals surface area contributed by atoms with Gasteiger partial charge in [0.1, 0.15) is 0 Å². The number of amides is 1. The highest BCUT2D eigenvalue weighted by molar-refractivity contribution is 5.93. The Bertz CT molecular complexity index is 431. The molecule has 0 spiro atoms. The molecule has 18 heavy (non-hydrogen) atoms. The van der Waals surface area contributed by atoms with Crippen LogP contribution in [0.25, 0.3) is 0 Å². The van der Waals surface area contributed by atoms with E-state index >= 15 is 0 Å². The van der Waals surface area contributed by atoms with Gasteiger partial charge >= 0.3 is 0 Å². The minimum absolute atomic E-state index is 0.0311. The molecular formula is C16H23NO. The van der Waals surface area contributed by atoms with Crippen LogP contribution in [0.15, 0.2) is 24.3 Å². The van der Waals surface area contributed by atoms with E-state index in [2.05, 4.69) is 32.2 Å². The van der Waals surface area contributed by atoms with Crippen LogP contribution in [0.1, 0.15) is 45.6 Å². The van der Waals surface area contributed by atoms with Crippen LogP contribution in [-0.4, -0.2) is 5.91 Å². The Morgan fingerprint density at radius 1 is 1.17 bits per heavy atom. The Hall–Kier alpha value is -1.31. The lowest BCUT2D eigenvalue weighted by atomic mass is 9.77. The molecule has 1 atom stereocenters. The maximum absolute atomic E-state index is 12.4. The summed E-state index contributed by atoms with van der Waals surface area (Å²) >= 11 is 0. The Morgan fingerprint density at radius 3 is 2.61 bits per heavy atom. The molecule has 98 valence electrons. The summed E-state index contributed by atoms with van der Waals surface area (Å²) in [5.74, 6) is 0.278. The average molecular weight is 245 g/mol. The van der Waals surface area contributed by atoms with E-state index in [1.807, 2.05) is 18.2 Å². The molecule has 0 aromatic heterocycles. The Morgan fingerprint density at radius 2 is 1.89 bits per heavy atom. The minimum atomic E-state index is 0.0311. The topological polar surface area (TPSA) is 29.1 Å². The Kier molecular flexibility index (Phi) is 3.74. The van der Waals surface area contributed by atoms with E-state index in [1.165, 1.54) is 12.0 Å². The van der Waals surface area contributed by atoms with Crippen LogP contribution in [0.3, 0.4) is 0 Å². The fourth-order valence-electron chi connectivity index (χ4n) is 2.70. The van der Waals surface area contributed by atoms with E-state index in [1.54, 1.807) is 0 Å². The first kappa shape index (κ1) is 13.1. The molecule has 2 nitrogen and oxygen atoms in total. The van der Waals surface area contributed by atoms with E-state index in [0.29, 0.717) is 0 Å². The van der Waals surface area contributed by atoms with E-state index in [9.17, 15) is 4.79 Å². The lowest BCUT2D eigenvalue weighted by Gasteiger charge is -2.29. The number of benzene rings is 1. The third-order valence-electron chi connectivity index (χ3n) is 3.83. The number of anilines is 1. The summed E-state index contributed by atoms with van der Waals surface area (Å²) in [4.78, 5) is 12.4. The first-order valence-electron chi connectivity index (χ1n) is 6.87. The van der Waals surface area contributed by atoms with Crippen molar-refractivity contribution in [3.63, 3.8) is 0 Å². The number of carbonyl (C=O) groups is 1.